The maximum Gasteiger partial charge on any atom is 0.0196 e. The largest absolute Gasteiger partial charge is 0.325 e. The van der Waals surface area contributed by atoms with Gasteiger partial charge in [-0.3, -0.25) is 0 Å². The number of benzene rings is 1. The van der Waals surface area contributed by atoms with Gasteiger partial charge in [0.15, 0.2) is 0 Å². The second-order valence-corrected chi connectivity index (χ2v) is 5.72. The first-order valence-electron chi connectivity index (χ1n) is 6.58. The minimum Gasteiger partial charge on any atom is -0.325 e. The molecule has 1 aromatic carbocycles. The smallest absolute Gasteiger partial charge is 0.0196 e. The van der Waals surface area contributed by atoms with Crippen LogP contribution in [0.15, 0.2) is 30.3 Å². The van der Waals surface area contributed by atoms with Gasteiger partial charge in [0.25, 0.3) is 0 Å². The third-order valence-corrected chi connectivity index (χ3v) is 4.08. The van der Waals surface area contributed by atoms with E-state index in [1.807, 2.05) is 0 Å². The fraction of sp³-hybridized carbons (Fsp3) is 0.600. The molecule has 1 saturated carbocycles. The fourth-order valence-corrected chi connectivity index (χ4v) is 2.87. The monoisotopic (exact) mass is 232 g/mol. The molecule has 0 spiro atoms. The SMILES string of the molecule is CN(C)C1CCC(N)(Cc2ccccc2)CC1. The summed E-state index contributed by atoms with van der Waals surface area (Å²) in [5.74, 6) is 0. The van der Waals surface area contributed by atoms with Crippen LogP contribution >= 0.6 is 0 Å². The number of nitrogens with zero attached hydrogens (tertiary/aromatic N) is 1. The van der Waals surface area contributed by atoms with E-state index in [0.29, 0.717) is 0 Å². The second-order valence-electron chi connectivity index (χ2n) is 5.72. The van der Waals surface area contributed by atoms with Crippen LogP contribution < -0.4 is 5.73 Å². The predicted octanol–water partition coefficient (Wildman–Crippen LogP) is 2.43. The predicted molar refractivity (Wildman–Crippen MR) is 73.0 cm³/mol. The van der Waals surface area contributed by atoms with Crippen molar-refractivity contribution in [1.29, 1.82) is 0 Å². The average molecular weight is 232 g/mol. The lowest BCUT2D eigenvalue weighted by atomic mass is 9.76. The molecule has 17 heavy (non-hydrogen) atoms. The van der Waals surface area contributed by atoms with Gasteiger partial charge in [0.05, 0.1) is 0 Å². The normalized spacial score (nSPS) is 29.5. The molecule has 1 aliphatic rings. The summed E-state index contributed by atoms with van der Waals surface area (Å²) >= 11 is 0. The third-order valence-electron chi connectivity index (χ3n) is 4.08. The summed E-state index contributed by atoms with van der Waals surface area (Å²) in [6, 6.07) is 11.4. The van der Waals surface area contributed by atoms with Gasteiger partial charge in [0.1, 0.15) is 0 Å². The zero-order valence-corrected chi connectivity index (χ0v) is 11.0. The number of rotatable bonds is 3. The van der Waals surface area contributed by atoms with Gasteiger partial charge >= 0.3 is 0 Å². The Kier molecular flexibility index (Phi) is 3.85. The molecule has 0 bridgehead atoms. The topological polar surface area (TPSA) is 29.3 Å². The van der Waals surface area contributed by atoms with Crippen molar-refractivity contribution < 1.29 is 0 Å². The lowest BCUT2D eigenvalue weighted by Crippen LogP contribution is -2.48. The first kappa shape index (κ1) is 12.6. The Bertz CT molecular complexity index is 337. The maximum atomic E-state index is 6.53. The summed E-state index contributed by atoms with van der Waals surface area (Å²) in [7, 11) is 4.34. The van der Waals surface area contributed by atoms with Crippen molar-refractivity contribution in [2.45, 2.75) is 43.7 Å². The van der Waals surface area contributed by atoms with Crippen LogP contribution in [0.1, 0.15) is 31.2 Å². The van der Waals surface area contributed by atoms with Crippen molar-refractivity contribution in [1.82, 2.24) is 4.90 Å². The molecule has 1 aliphatic carbocycles. The van der Waals surface area contributed by atoms with E-state index in [1.54, 1.807) is 0 Å². The highest BCUT2D eigenvalue weighted by Gasteiger charge is 2.32. The molecule has 0 unspecified atom stereocenters. The molecule has 94 valence electrons. The fourth-order valence-electron chi connectivity index (χ4n) is 2.87. The lowest BCUT2D eigenvalue weighted by molar-refractivity contribution is 0.173. The van der Waals surface area contributed by atoms with E-state index in [1.165, 1.54) is 18.4 Å². The molecule has 0 radical (unpaired) electrons. The van der Waals surface area contributed by atoms with Crippen LogP contribution in [0.5, 0.6) is 0 Å². The van der Waals surface area contributed by atoms with E-state index in [4.69, 9.17) is 5.73 Å². The van der Waals surface area contributed by atoms with E-state index >= 15 is 0 Å². The zero-order chi connectivity index (χ0) is 12.3. The molecule has 0 amide bonds. The summed E-state index contributed by atoms with van der Waals surface area (Å²) < 4.78 is 0. The van der Waals surface area contributed by atoms with E-state index < -0.39 is 0 Å². The van der Waals surface area contributed by atoms with Crippen LogP contribution in [-0.2, 0) is 6.42 Å². The van der Waals surface area contributed by atoms with Crippen molar-refractivity contribution in [3.05, 3.63) is 35.9 Å². The van der Waals surface area contributed by atoms with Crippen molar-refractivity contribution in [3.8, 4) is 0 Å². The number of hydrogen-bond acceptors (Lipinski definition) is 2. The summed E-state index contributed by atoms with van der Waals surface area (Å²) in [5, 5.41) is 0. The number of nitrogens with two attached hydrogens (primary N) is 1. The van der Waals surface area contributed by atoms with Crippen LogP contribution in [0, 0.1) is 0 Å². The summed E-state index contributed by atoms with van der Waals surface area (Å²) in [6.07, 6.45) is 5.77. The molecule has 1 aromatic rings. The van der Waals surface area contributed by atoms with Gasteiger partial charge in [-0.15, -0.1) is 0 Å². The van der Waals surface area contributed by atoms with Crippen molar-refractivity contribution in [2.75, 3.05) is 14.1 Å². The molecule has 0 aromatic heterocycles. The molecule has 0 heterocycles. The highest BCUT2D eigenvalue weighted by molar-refractivity contribution is 5.18. The van der Waals surface area contributed by atoms with Gasteiger partial charge < -0.3 is 10.6 Å². The quantitative estimate of drug-likeness (QED) is 0.867. The molecular weight excluding hydrogens is 208 g/mol. The Morgan fingerprint density at radius 3 is 2.29 bits per heavy atom. The first-order valence-corrected chi connectivity index (χ1v) is 6.58. The van der Waals surface area contributed by atoms with E-state index in [0.717, 1.165) is 25.3 Å². The highest BCUT2D eigenvalue weighted by atomic mass is 15.1. The Labute approximate surface area is 105 Å². The highest BCUT2D eigenvalue weighted by Crippen LogP contribution is 2.30. The summed E-state index contributed by atoms with van der Waals surface area (Å²) in [4.78, 5) is 2.34. The van der Waals surface area contributed by atoms with Gasteiger partial charge in [-0.25, -0.2) is 0 Å². The van der Waals surface area contributed by atoms with E-state index in [9.17, 15) is 0 Å². The van der Waals surface area contributed by atoms with Crippen LogP contribution in [0.2, 0.25) is 0 Å². The second kappa shape index (κ2) is 5.19. The molecule has 1 fully saturated rings. The van der Waals surface area contributed by atoms with Gasteiger partial charge in [0, 0.05) is 11.6 Å². The van der Waals surface area contributed by atoms with Crippen molar-refractivity contribution in [3.63, 3.8) is 0 Å². The van der Waals surface area contributed by atoms with Gasteiger partial charge in [-0.1, -0.05) is 30.3 Å². The molecule has 2 nitrogen and oxygen atoms in total. The van der Waals surface area contributed by atoms with Gasteiger partial charge in [0.2, 0.25) is 0 Å². The van der Waals surface area contributed by atoms with Crippen LogP contribution in [0.25, 0.3) is 0 Å². The van der Waals surface area contributed by atoms with E-state index in [-0.39, 0.29) is 5.54 Å². The van der Waals surface area contributed by atoms with Crippen LogP contribution in [-0.4, -0.2) is 30.6 Å². The zero-order valence-electron chi connectivity index (χ0n) is 11.0. The summed E-state index contributed by atoms with van der Waals surface area (Å²) in [5.41, 5.74) is 7.93. The standard InChI is InChI=1S/C15H24N2/c1-17(2)14-8-10-15(16,11-9-14)12-13-6-4-3-5-7-13/h3-7,14H,8-12,16H2,1-2H3. The molecule has 0 aliphatic heterocycles. The van der Waals surface area contributed by atoms with Gasteiger partial charge in [-0.05, 0) is 51.8 Å². The Morgan fingerprint density at radius 1 is 1.18 bits per heavy atom. The molecule has 2 heteroatoms. The van der Waals surface area contributed by atoms with E-state index in [2.05, 4.69) is 49.3 Å². The van der Waals surface area contributed by atoms with Gasteiger partial charge in [-0.2, -0.15) is 0 Å². The Hall–Kier alpha value is -0.860. The lowest BCUT2D eigenvalue weighted by Gasteiger charge is -2.39. The Balaban J connectivity index is 1.94. The number of hydrogen-bond donors (Lipinski definition) is 1. The molecular formula is C15H24N2. The maximum absolute atomic E-state index is 6.53. The minimum atomic E-state index is 0.0217. The molecule has 0 atom stereocenters. The molecule has 2 rings (SSSR count). The third kappa shape index (κ3) is 3.30. The van der Waals surface area contributed by atoms with Crippen LogP contribution in [0.4, 0.5) is 0 Å². The summed E-state index contributed by atoms with van der Waals surface area (Å²) in [6.45, 7) is 0. The molecule has 2 N–H and O–H groups in total. The van der Waals surface area contributed by atoms with Crippen molar-refractivity contribution >= 4 is 0 Å². The van der Waals surface area contributed by atoms with Crippen LogP contribution in [0.3, 0.4) is 0 Å². The first-order chi connectivity index (χ1) is 8.09. The van der Waals surface area contributed by atoms with Crippen molar-refractivity contribution in [2.24, 2.45) is 5.73 Å². The average Bonchev–Trinajstić information content (AvgIpc) is 2.30. The Morgan fingerprint density at radius 2 is 1.76 bits per heavy atom. The molecule has 0 saturated heterocycles. The minimum absolute atomic E-state index is 0.0217.